The number of carbonyl (C=O) groups excluding carboxylic acids is 1. The van der Waals surface area contributed by atoms with Gasteiger partial charge in [-0.1, -0.05) is 18.6 Å². The molecule has 6 heteroatoms. The monoisotopic (exact) mass is 291 g/mol. The molecule has 1 aromatic rings. The molecule has 1 heterocycles. The molecule has 1 aliphatic heterocycles. The van der Waals surface area contributed by atoms with E-state index in [4.69, 9.17) is 0 Å². The lowest BCUT2D eigenvalue weighted by Crippen LogP contribution is -2.37. The first-order chi connectivity index (χ1) is 10.1. The summed E-state index contributed by atoms with van der Waals surface area (Å²) in [6.07, 6.45) is 3.69. The smallest absolute Gasteiger partial charge is 0.285 e. The Bertz CT molecular complexity index is 525. The van der Waals surface area contributed by atoms with Crippen molar-refractivity contribution in [1.82, 2.24) is 10.2 Å². The number of rotatable bonds is 5. The lowest BCUT2D eigenvalue weighted by molar-refractivity contribution is -0.385. The number of hydrogen-bond donors (Lipinski definition) is 1. The molecule has 0 unspecified atom stereocenters. The maximum Gasteiger partial charge on any atom is 0.285 e. The zero-order chi connectivity index (χ0) is 15.2. The summed E-state index contributed by atoms with van der Waals surface area (Å²) in [6.45, 7) is 5.10. The number of nitro groups is 1. The largest absolute Gasteiger partial charge is 0.351 e. The molecule has 21 heavy (non-hydrogen) atoms. The van der Waals surface area contributed by atoms with E-state index in [0.717, 1.165) is 19.6 Å². The number of hydrogen-bond acceptors (Lipinski definition) is 4. The third kappa shape index (κ3) is 4.01. The number of aryl methyl sites for hydroxylation is 1. The van der Waals surface area contributed by atoms with Crippen LogP contribution in [0.3, 0.4) is 0 Å². The second-order valence-electron chi connectivity index (χ2n) is 5.39. The van der Waals surface area contributed by atoms with Crippen LogP contribution in [0.15, 0.2) is 18.2 Å². The molecule has 1 aliphatic rings. The molecule has 1 N–H and O–H groups in total. The van der Waals surface area contributed by atoms with Gasteiger partial charge in [0.1, 0.15) is 5.56 Å². The van der Waals surface area contributed by atoms with E-state index in [9.17, 15) is 14.9 Å². The second kappa shape index (κ2) is 7.17. The summed E-state index contributed by atoms with van der Waals surface area (Å²) in [6, 6.07) is 4.81. The highest BCUT2D eigenvalue weighted by atomic mass is 16.6. The zero-order valence-electron chi connectivity index (χ0n) is 12.3. The molecular formula is C15H21N3O3. The fraction of sp³-hybridized carbons (Fsp3) is 0.533. The minimum Gasteiger partial charge on any atom is -0.351 e. The highest BCUT2D eigenvalue weighted by Crippen LogP contribution is 2.22. The summed E-state index contributed by atoms with van der Waals surface area (Å²) in [7, 11) is 0. The van der Waals surface area contributed by atoms with Gasteiger partial charge in [-0.05, 0) is 38.9 Å². The number of amides is 1. The second-order valence-corrected chi connectivity index (χ2v) is 5.39. The first kappa shape index (κ1) is 15.4. The van der Waals surface area contributed by atoms with E-state index >= 15 is 0 Å². The molecule has 0 radical (unpaired) electrons. The van der Waals surface area contributed by atoms with Crippen molar-refractivity contribution in [1.29, 1.82) is 0 Å². The lowest BCUT2D eigenvalue weighted by Gasteiger charge is -2.26. The normalized spacial score (nSPS) is 15.7. The van der Waals surface area contributed by atoms with Crippen molar-refractivity contribution in [3.8, 4) is 0 Å². The third-order valence-electron chi connectivity index (χ3n) is 3.83. The average Bonchev–Trinajstić information content (AvgIpc) is 2.47. The van der Waals surface area contributed by atoms with Crippen LogP contribution in [-0.2, 0) is 0 Å². The Labute approximate surface area is 124 Å². The number of nitrogens with one attached hydrogen (secondary N) is 1. The van der Waals surface area contributed by atoms with Gasteiger partial charge in [-0.25, -0.2) is 0 Å². The van der Waals surface area contributed by atoms with Gasteiger partial charge in [0.2, 0.25) is 0 Å². The van der Waals surface area contributed by atoms with E-state index < -0.39 is 4.92 Å². The molecule has 1 fully saturated rings. The summed E-state index contributed by atoms with van der Waals surface area (Å²) in [5.74, 6) is -0.373. The van der Waals surface area contributed by atoms with Crippen LogP contribution in [0.5, 0.6) is 0 Å². The highest BCUT2D eigenvalue weighted by Gasteiger charge is 2.22. The molecule has 0 spiro atoms. The molecule has 114 valence electrons. The van der Waals surface area contributed by atoms with Gasteiger partial charge in [-0.3, -0.25) is 14.9 Å². The number of piperidine rings is 1. The minimum atomic E-state index is -0.491. The van der Waals surface area contributed by atoms with Gasteiger partial charge in [0, 0.05) is 18.7 Å². The van der Waals surface area contributed by atoms with Crippen LogP contribution in [0.2, 0.25) is 0 Å². The molecule has 0 bridgehead atoms. The molecule has 0 atom stereocenters. The van der Waals surface area contributed by atoms with Crippen molar-refractivity contribution in [2.24, 2.45) is 0 Å². The topological polar surface area (TPSA) is 75.5 Å². The van der Waals surface area contributed by atoms with E-state index in [1.54, 1.807) is 19.1 Å². The molecule has 1 aromatic carbocycles. The van der Waals surface area contributed by atoms with Gasteiger partial charge < -0.3 is 10.2 Å². The average molecular weight is 291 g/mol. The summed E-state index contributed by atoms with van der Waals surface area (Å²) < 4.78 is 0. The van der Waals surface area contributed by atoms with Crippen molar-refractivity contribution in [3.63, 3.8) is 0 Å². The fourth-order valence-corrected chi connectivity index (χ4v) is 2.69. The van der Waals surface area contributed by atoms with Gasteiger partial charge in [-0.15, -0.1) is 0 Å². The Hall–Kier alpha value is -1.95. The number of nitrogens with zero attached hydrogens (tertiary/aromatic N) is 2. The predicted octanol–water partition coefficient (Wildman–Crippen LogP) is 2.12. The van der Waals surface area contributed by atoms with Crippen molar-refractivity contribution in [2.75, 3.05) is 26.2 Å². The van der Waals surface area contributed by atoms with Crippen molar-refractivity contribution >= 4 is 11.6 Å². The predicted molar refractivity (Wildman–Crippen MR) is 80.5 cm³/mol. The maximum absolute atomic E-state index is 12.1. The van der Waals surface area contributed by atoms with Crippen LogP contribution in [-0.4, -0.2) is 41.9 Å². The summed E-state index contributed by atoms with van der Waals surface area (Å²) in [5.41, 5.74) is 0.537. The van der Waals surface area contributed by atoms with Crippen molar-refractivity contribution < 1.29 is 9.72 Å². The number of benzene rings is 1. The van der Waals surface area contributed by atoms with E-state index in [2.05, 4.69) is 10.2 Å². The van der Waals surface area contributed by atoms with Gasteiger partial charge in [0.15, 0.2) is 0 Å². The lowest BCUT2D eigenvalue weighted by atomic mass is 10.1. The molecule has 0 aliphatic carbocycles. The van der Waals surface area contributed by atoms with Gasteiger partial charge in [0.25, 0.3) is 11.6 Å². The molecule has 1 saturated heterocycles. The first-order valence-corrected chi connectivity index (χ1v) is 7.34. The summed E-state index contributed by atoms with van der Waals surface area (Å²) in [5, 5.41) is 13.9. The van der Waals surface area contributed by atoms with E-state index in [-0.39, 0.29) is 17.2 Å². The number of para-hydroxylation sites is 1. The van der Waals surface area contributed by atoms with E-state index in [1.807, 2.05) is 0 Å². The van der Waals surface area contributed by atoms with Gasteiger partial charge in [-0.2, -0.15) is 0 Å². The van der Waals surface area contributed by atoms with Crippen LogP contribution in [0, 0.1) is 17.0 Å². The number of likely N-dealkylation sites (tertiary alicyclic amines) is 1. The molecule has 2 rings (SSSR count). The summed E-state index contributed by atoms with van der Waals surface area (Å²) in [4.78, 5) is 25.0. The molecular weight excluding hydrogens is 270 g/mol. The standard InChI is InChI=1S/C15H21N3O3/c1-12-6-5-7-13(14(12)18(20)21)15(19)16-8-11-17-9-3-2-4-10-17/h5-7H,2-4,8-11H2,1H3,(H,16,19). The molecule has 0 aromatic heterocycles. The van der Waals surface area contributed by atoms with Crippen LogP contribution < -0.4 is 5.32 Å². The Kier molecular flexibility index (Phi) is 5.27. The molecule has 1 amide bonds. The van der Waals surface area contributed by atoms with Crippen molar-refractivity contribution in [3.05, 3.63) is 39.4 Å². The quantitative estimate of drug-likeness (QED) is 0.666. The Morgan fingerprint density at radius 3 is 2.71 bits per heavy atom. The summed E-state index contributed by atoms with van der Waals surface area (Å²) >= 11 is 0. The molecule has 0 saturated carbocycles. The van der Waals surface area contributed by atoms with Crippen molar-refractivity contribution in [2.45, 2.75) is 26.2 Å². The highest BCUT2D eigenvalue weighted by molar-refractivity contribution is 5.98. The van der Waals surface area contributed by atoms with Gasteiger partial charge >= 0.3 is 0 Å². The van der Waals surface area contributed by atoms with Gasteiger partial charge in [0.05, 0.1) is 4.92 Å². The fourth-order valence-electron chi connectivity index (χ4n) is 2.69. The van der Waals surface area contributed by atoms with E-state index in [0.29, 0.717) is 12.1 Å². The van der Waals surface area contributed by atoms with E-state index in [1.165, 1.54) is 25.3 Å². The zero-order valence-corrected chi connectivity index (χ0v) is 12.3. The van der Waals surface area contributed by atoms with Crippen LogP contribution in [0.4, 0.5) is 5.69 Å². The first-order valence-electron chi connectivity index (χ1n) is 7.34. The Morgan fingerprint density at radius 2 is 2.05 bits per heavy atom. The number of nitro benzene ring substituents is 1. The van der Waals surface area contributed by atoms with Crippen LogP contribution in [0.1, 0.15) is 35.2 Å². The SMILES string of the molecule is Cc1cccc(C(=O)NCCN2CCCCC2)c1[N+](=O)[O-]. The minimum absolute atomic E-state index is 0.104. The van der Waals surface area contributed by atoms with Crippen LogP contribution >= 0.6 is 0 Å². The number of carbonyl (C=O) groups is 1. The maximum atomic E-state index is 12.1. The molecule has 6 nitrogen and oxygen atoms in total. The van der Waals surface area contributed by atoms with Crippen LogP contribution in [0.25, 0.3) is 0 Å². The Balaban J connectivity index is 1.94. The Morgan fingerprint density at radius 1 is 1.33 bits per heavy atom. The third-order valence-corrected chi connectivity index (χ3v) is 3.83.